The number of halogens is 1. The molecule has 0 aliphatic rings. The highest BCUT2D eigenvalue weighted by atomic mass is 35.5. The maximum absolute atomic E-state index is 5.92. The van der Waals surface area contributed by atoms with Crippen LogP contribution in [0.4, 0.5) is 0 Å². The molecule has 0 aliphatic heterocycles. The van der Waals surface area contributed by atoms with Gasteiger partial charge in [0.15, 0.2) is 5.58 Å². The van der Waals surface area contributed by atoms with Crippen LogP contribution in [0.5, 0.6) is 0 Å². The van der Waals surface area contributed by atoms with E-state index in [1.807, 2.05) is 12.1 Å². The fourth-order valence-electron chi connectivity index (χ4n) is 1.26. The van der Waals surface area contributed by atoms with Crippen LogP contribution in [0.25, 0.3) is 11.0 Å². The van der Waals surface area contributed by atoms with E-state index in [9.17, 15) is 0 Å². The van der Waals surface area contributed by atoms with Gasteiger partial charge in [0.1, 0.15) is 0 Å². The molecule has 1 heterocycles. The largest absolute Gasteiger partial charge is 0.354 e. The van der Waals surface area contributed by atoms with Gasteiger partial charge in [-0.15, -0.1) is 0 Å². The molecule has 0 radical (unpaired) electrons. The Balaban J connectivity index is 2.61. The first-order valence-corrected chi connectivity index (χ1v) is 4.97. The molecule has 1 aromatic heterocycles. The van der Waals surface area contributed by atoms with Crippen molar-refractivity contribution in [1.82, 2.24) is 5.16 Å². The number of aromatic nitrogens is 1. The summed E-state index contributed by atoms with van der Waals surface area (Å²) in [6.07, 6.45) is 0.802. The van der Waals surface area contributed by atoms with Crippen molar-refractivity contribution in [2.45, 2.75) is 6.42 Å². The average Bonchev–Trinajstić information content (AvgIpc) is 2.51. The van der Waals surface area contributed by atoms with Gasteiger partial charge in [-0.2, -0.15) is 12.6 Å². The van der Waals surface area contributed by atoms with E-state index in [1.54, 1.807) is 6.07 Å². The molecule has 1 aromatic carbocycles. The van der Waals surface area contributed by atoms with E-state index in [0.717, 1.165) is 23.3 Å². The summed E-state index contributed by atoms with van der Waals surface area (Å²) >= 11 is 10.1. The van der Waals surface area contributed by atoms with E-state index >= 15 is 0 Å². The van der Waals surface area contributed by atoms with Gasteiger partial charge in [-0.3, -0.25) is 0 Å². The normalized spacial score (nSPS) is 10.9. The maximum Gasteiger partial charge on any atom is 0.185 e. The average molecular weight is 214 g/mol. The van der Waals surface area contributed by atoms with Crippen molar-refractivity contribution in [2.24, 2.45) is 0 Å². The van der Waals surface area contributed by atoms with Crippen LogP contribution < -0.4 is 0 Å². The van der Waals surface area contributed by atoms with Gasteiger partial charge in [0.05, 0.1) is 10.7 Å². The van der Waals surface area contributed by atoms with Crippen molar-refractivity contribution in [1.29, 1.82) is 0 Å². The lowest BCUT2D eigenvalue weighted by molar-refractivity contribution is 0.447. The molecule has 0 fully saturated rings. The van der Waals surface area contributed by atoms with Gasteiger partial charge in [-0.25, -0.2) is 0 Å². The number of aryl methyl sites for hydroxylation is 1. The van der Waals surface area contributed by atoms with E-state index in [-0.39, 0.29) is 0 Å². The van der Waals surface area contributed by atoms with E-state index in [0.29, 0.717) is 10.6 Å². The molecule has 0 N–H and O–H groups in total. The minimum Gasteiger partial charge on any atom is -0.354 e. The van der Waals surface area contributed by atoms with Crippen LogP contribution in [0.15, 0.2) is 22.7 Å². The molecular weight excluding hydrogens is 206 g/mol. The Kier molecular flexibility index (Phi) is 2.47. The third-order valence-electron chi connectivity index (χ3n) is 1.87. The van der Waals surface area contributed by atoms with Crippen molar-refractivity contribution in [3.8, 4) is 0 Å². The first kappa shape index (κ1) is 8.91. The number of para-hydroxylation sites is 1. The summed E-state index contributed by atoms with van der Waals surface area (Å²) in [6.45, 7) is 0. The van der Waals surface area contributed by atoms with Crippen LogP contribution in [-0.2, 0) is 6.42 Å². The number of hydrogen-bond acceptors (Lipinski definition) is 3. The minimum absolute atomic E-state index is 0.607. The van der Waals surface area contributed by atoms with Crippen molar-refractivity contribution >= 4 is 35.2 Å². The summed E-state index contributed by atoms with van der Waals surface area (Å²) in [6, 6.07) is 5.64. The van der Waals surface area contributed by atoms with Gasteiger partial charge in [-0.1, -0.05) is 22.8 Å². The summed E-state index contributed by atoms with van der Waals surface area (Å²) < 4.78 is 5.12. The summed E-state index contributed by atoms with van der Waals surface area (Å²) in [5.74, 6) is 0.758. The zero-order valence-electron chi connectivity index (χ0n) is 6.83. The van der Waals surface area contributed by atoms with Gasteiger partial charge < -0.3 is 4.52 Å². The molecule has 0 bridgehead atoms. The summed E-state index contributed by atoms with van der Waals surface area (Å²) in [5.41, 5.74) is 1.59. The molecule has 68 valence electrons. The van der Waals surface area contributed by atoms with Gasteiger partial charge >= 0.3 is 0 Å². The first-order valence-electron chi connectivity index (χ1n) is 3.96. The molecule has 4 heteroatoms. The number of fused-ring (bicyclic) bond motifs is 1. The van der Waals surface area contributed by atoms with E-state index < -0.39 is 0 Å². The van der Waals surface area contributed by atoms with E-state index in [4.69, 9.17) is 16.1 Å². The number of hydrogen-bond donors (Lipinski definition) is 1. The smallest absolute Gasteiger partial charge is 0.185 e. The molecule has 0 spiro atoms. The summed E-state index contributed by atoms with van der Waals surface area (Å²) in [4.78, 5) is 0. The van der Waals surface area contributed by atoms with Crippen LogP contribution >= 0.6 is 24.2 Å². The Morgan fingerprint density at radius 2 is 2.31 bits per heavy atom. The highest BCUT2D eigenvalue weighted by molar-refractivity contribution is 7.80. The molecule has 2 nitrogen and oxygen atoms in total. The fraction of sp³-hybridized carbons (Fsp3) is 0.222. The van der Waals surface area contributed by atoms with Crippen LogP contribution in [0.3, 0.4) is 0 Å². The maximum atomic E-state index is 5.92. The monoisotopic (exact) mass is 213 g/mol. The minimum atomic E-state index is 0.607. The molecule has 13 heavy (non-hydrogen) atoms. The zero-order valence-corrected chi connectivity index (χ0v) is 8.48. The van der Waals surface area contributed by atoms with Gasteiger partial charge in [-0.05, 0) is 17.9 Å². The highest BCUT2D eigenvalue weighted by Gasteiger charge is 2.09. The van der Waals surface area contributed by atoms with Gasteiger partial charge in [0.25, 0.3) is 0 Å². The molecule has 0 amide bonds. The molecular formula is C9H8ClNOS. The van der Waals surface area contributed by atoms with Crippen LogP contribution in [0.1, 0.15) is 5.69 Å². The Labute approximate surface area is 86.3 Å². The molecule has 0 unspecified atom stereocenters. The second-order valence-electron chi connectivity index (χ2n) is 2.72. The molecule has 2 rings (SSSR count). The molecule has 0 aliphatic carbocycles. The number of thiol groups is 1. The van der Waals surface area contributed by atoms with E-state index in [2.05, 4.69) is 17.8 Å². The second kappa shape index (κ2) is 3.60. The highest BCUT2D eigenvalue weighted by Crippen LogP contribution is 2.25. The fourth-order valence-corrected chi connectivity index (χ4v) is 1.69. The lowest BCUT2D eigenvalue weighted by atomic mass is 10.2. The third kappa shape index (κ3) is 1.54. The topological polar surface area (TPSA) is 26.0 Å². The van der Waals surface area contributed by atoms with Crippen LogP contribution in [0.2, 0.25) is 5.02 Å². The quantitative estimate of drug-likeness (QED) is 0.777. The van der Waals surface area contributed by atoms with Gasteiger partial charge in [0.2, 0.25) is 0 Å². The first-order chi connectivity index (χ1) is 6.33. The Morgan fingerprint density at radius 3 is 3.08 bits per heavy atom. The molecule has 0 saturated heterocycles. The molecule has 0 saturated carbocycles. The lowest BCUT2D eigenvalue weighted by Gasteiger charge is -1.91. The second-order valence-corrected chi connectivity index (χ2v) is 3.57. The number of rotatable bonds is 2. The predicted molar refractivity (Wildman–Crippen MR) is 56.6 cm³/mol. The number of benzene rings is 1. The summed E-state index contributed by atoms with van der Waals surface area (Å²) in [7, 11) is 0. The number of nitrogens with zero attached hydrogens (tertiary/aromatic N) is 1. The van der Waals surface area contributed by atoms with Crippen molar-refractivity contribution in [2.75, 3.05) is 5.75 Å². The van der Waals surface area contributed by atoms with E-state index in [1.165, 1.54) is 0 Å². The standard InChI is InChI=1S/C9H8ClNOS/c10-7-3-1-2-6-8(4-5-13)11-12-9(6)7/h1-3,13H,4-5H2. The van der Waals surface area contributed by atoms with Crippen molar-refractivity contribution in [3.63, 3.8) is 0 Å². The summed E-state index contributed by atoms with van der Waals surface area (Å²) in [5, 5.41) is 5.53. The molecule has 2 aromatic rings. The third-order valence-corrected chi connectivity index (χ3v) is 2.39. The Hall–Kier alpha value is -0.670. The van der Waals surface area contributed by atoms with Crippen LogP contribution in [-0.4, -0.2) is 10.9 Å². The van der Waals surface area contributed by atoms with Crippen LogP contribution in [0, 0.1) is 0 Å². The van der Waals surface area contributed by atoms with Crippen molar-refractivity contribution in [3.05, 3.63) is 28.9 Å². The molecule has 0 atom stereocenters. The van der Waals surface area contributed by atoms with Crippen molar-refractivity contribution < 1.29 is 4.52 Å². The Bertz CT molecular complexity index is 426. The SMILES string of the molecule is SCCc1noc2c(Cl)cccc12. The lowest BCUT2D eigenvalue weighted by Crippen LogP contribution is -1.85. The predicted octanol–water partition coefficient (Wildman–Crippen LogP) is 2.95. The van der Waals surface area contributed by atoms with Gasteiger partial charge in [0, 0.05) is 11.8 Å². The zero-order chi connectivity index (χ0) is 9.26. The Morgan fingerprint density at radius 1 is 1.46 bits per heavy atom.